The molecule has 102 valence electrons. The van der Waals surface area contributed by atoms with Crippen LogP contribution in [0.25, 0.3) is 11.0 Å². The second kappa shape index (κ2) is 4.31. The van der Waals surface area contributed by atoms with Crippen molar-refractivity contribution in [1.82, 2.24) is 24.7 Å². The average Bonchev–Trinajstić information content (AvgIpc) is 2.93. The van der Waals surface area contributed by atoms with Gasteiger partial charge < -0.3 is 9.88 Å². The molecule has 6 nitrogen and oxygen atoms in total. The number of aryl methyl sites for hydroxylation is 1. The molecular formula is C13H13BrN6. The van der Waals surface area contributed by atoms with Crippen molar-refractivity contribution in [3.05, 3.63) is 35.0 Å². The maximum absolute atomic E-state index is 4.42. The van der Waals surface area contributed by atoms with Gasteiger partial charge in [0.25, 0.3) is 0 Å². The van der Waals surface area contributed by atoms with Gasteiger partial charge in [0.1, 0.15) is 11.8 Å². The van der Waals surface area contributed by atoms with Crippen LogP contribution in [0.2, 0.25) is 0 Å². The van der Waals surface area contributed by atoms with Crippen LogP contribution >= 0.6 is 15.9 Å². The summed E-state index contributed by atoms with van der Waals surface area (Å²) in [6.07, 6.45) is 5.46. The molecule has 20 heavy (non-hydrogen) atoms. The largest absolute Gasteiger partial charge is 0.354 e. The van der Waals surface area contributed by atoms with Crippen LogP contribution in [0.3, 0.4) is 0 Å². The van der Waals surface area contributed by atoms with Crippen LogP contribution < -0.4 is 4.90 Å². The lowest BCUT2D eigenvalue weighted by Crippen LogP contribution is -2.48. The van der Waals surface area contributed by atoms with Crippen molar-refractivity contribution in [1.29, 1.82) is 0 Å². The first kappa shape index (κ1) is 11.9. The van der Waals surface area contributed by atoms with E-state index in [1.54, 1.807) is 6.33 Å². The molecule has 1 N–H and O–H groups in total. The van der Waals surface area contributed by atoms with Gasteiger partial charge in [-0.15, -0.1) is 0 Å². The number of rotatable bonds is 2. The summed E-state index contributed by atoms with van der Waals surface area (Å²) in [7, 11) is 0. The molecule has 0 aromatic carbocycles. The lowest BCUT2D eigenvalue weighted by atomic mass is 10.1. The SMILES string of the molecule is Cc1cc2ncnc(N3CC(n4cc(Br)cn4)C3)c2[nH]1. The molecule has 7 heteroatoms. The van der Waals surface area contributed by atoms with Gasteiger partial charge in [0, 0.05) is 25.0 Å². The molecule has 0 amide bonds. The number of nitrogens with zero attached hydrogens (tertiary/aromatic N) is 5. The number of halogens is 1. The van der Waals surface area contributed by atoms with Gasteiger partial charge in [0.2, 0.25) is 0 Å². The highest BCUT2D eigenvalue weighted by molar-refractivity contribution is 9.10. The molecule has 1 aliphatic rings. The Hall–Kier alpha value is -1.89. The van der Waals surface area contributed by atoms with Gasteiger partial charge in [-0.2, -0.15) is 5.10 Å². The van der Waals surface area contributed by atoms with Gasteiger partial charge in [-0.1, -0.05) is 0 Å². The predicted molar refractivity (Wildman–Crippen MR) is 79.8 cm³/mol. The Balaban J connectivity index is 1.60. The van der Waals surface area contributed by atoms with Crippen molar-refractivity contribution >= 4 is 32.8 Å². The highest BCUT2D eigenvalue weighted by Crippen LogP contribution is 2.30. The number of nitrogens with one attached hydrogen (secondary N) is 1. The molecule has 3 aromatic heterocycles. The molecule has 0 saturated carbocycles. The summed E-state index contributed by atoms with van der Waals surface area (Å²) in [6.45, 7) is 3.86. The van der Waals surface area contributed by atoms with Crippen molar-refractivity contribution in [2.24, 2.45) is 0 Å². The fourth-order valence-electron chi connectivity index (χ4n) is 2.61. The van der Waals surface area contributed by atoms with Gasteiger partial charge in [-0.25, -0.2) is 9.97 Å². The zero-order valence-corrected chi connectivity index (χ0v) is 12.5. The van der Waals surface area contributed by atoms with E-state index in [0.717, 1.165) is 40.1 Å². The molecule has 0 unspecified atom stereocenters. The molecule has 1 aliphatic heterocycles. The molecule has 0 aliphatic carbocycles. The number of hydrogen-bond acceptors (Lipinski definition) is 4. The summed E-state index contributed by atoms with van der Waals surface area (Å²) < 4.78 is 3.01. The third kappa shape index (κ3) is 1.81. The number of H-pyrrole nitrogens is 1. The van der Waals surface area contributed by atoms with E-state index in [9.17, 15) is 0 Å². The van der Waals surface area contributed by atoms with Crippen LogP contribution in [0.15, 0.2) is 29.3 Å². The number of hydrogen-bond donors (Lipinski definition) is 1. The van der Waals surface area contributed by atoms with E-state index in [1.165, 1.54) is 0 Å². The van der Waals surface area contributed by atoms with Crippen LogP contribution in [-0.2, 0) is 0 Å². The molecule has 1 fully saturated rings. The first-order valence-electron chi connectivity index (χ1n) is 6.45. The predicted octanol–water partition coefficient (Wildman–Crippen LogP) is 2.29. The van der Waals surface area contributed by atoms with E-state index >= 15 is 0 Å². The van der Waals surface area contributed by atoms with Crippen molar-refractivity contribution < 1.29 is 0 Å². The Bertz CT molecular complexity index is 770. The third-order valence-electron chi connectivity index (χ3n) is 3.64. The molecule has 3 aromatic rings. The summed E-state index contributed by atoms with van der Waals surface area (Å²) in [6, 6.07) is 2.45. The molecular weight excluding hydrogens is 320 g/mol. The van der Waals surface area contributed by atoms with E-state index in [1.807, 2.05) is 30.1 Å². The van der Waals surface area contributed by atoms with Crippen LogP contribution in [0.1, 0.15) is 11.7 Å². The van der Waals surface area contributed by atoms with Crippen molar-refractivity contribution in [3.63, 3.8) is 0 Å². The zero-order chi connectivity index (χ0) is 13.7. The normalized spacial score (nSPS) is 15.8. The minimum Gasteiger partial charge on any atom is -0.354 e. The van der Waals surface area contributed by atoms with Crippen LogP contribution in [-0.4, -0.2) is 37.8 Å². The minimum atomic E-state index is 0.405. The summed E-state index contributed by atoms with van der Waals surface area (Å²) in [5, 5.41) is 4.33. The van der Waals surface area contributed by atoms with E-state index in [-0.39, 0.29) is 0 Å². The van der Waals surface area contributed by atoms with E-state index < -0.39 is 0 Å². The molecule has 0 atom stereocenters. The Kier molecular flexibility index (Phi) is 2.56. The average molecular weight is 333 g/mol. The van der Waals surface area contributed by atoms with Crippen LogP contribution in [0, 0.1) is 6.92 Å². The fourth-order valence-corrected chi connectivity index (χ4v) is 2.91. The van der Waals surface area contributed by atoms with E-state index in [2.05, 4.69) is 40.9 Å². The number of fused-ring (bicyclic) bond motifs is 1. The number of aromatic nitrogens is 5. The highest BCUT2D eigenvalue weighted by Gasteiger charge is 2.31. The second-order valence-electron chi connectivity index (χ2n) is 5.11. The van der Waals surface area contributed by atoms with Crippen molar-refractivity contribution in [3.8, 4) is 0 Å². The fraction of sp³-hybridized carbons (Fsp3) is 0.308. The lowest BCUT2D eigenvalue weighted by Gasteiger charge is -2.40. The summed E-state index contributed by atoms with van der Waals surface area (Å²) >= 11 is 3.43. The topological polar surface area (TPSA) is 62.6 Å². The molecule has 0 radical (unpaired) electrons. The van der Waals surface area contributed by atoms with E-state index in [4.69, 9.17) is 0 Å². The quantitative estimate of drug-likeness (QED) is 0.782. The van der Waals surface area contributed by atoms with Gasteiger partial charge >= 0.3 is 0 Å². The smallest absolute Gasteiger partial charge is 0.156 e. The molecule has 4 heterocycles. The van der Waals surface area contributed by atoms with Gasteiger partial charge in [0.15, 0.2) is 5.82 Å². The van der Waals surface area contributed by atoms with Crippen LogP contribution in [0.5, 0.6) is 0 Å². The Morgan fingerprint density at radius 3 is 2.95 bits per heavy atom. The second-order valence-corrected chi connectivity index (χ2v) is 6.02. The zero-order valence-electron chi connectivity index (χ0n) is 10.9. The van der Waals surface area contributed by atoms with Gasteiger partial charge in [0.05, 0.1) is 22.2 Å². The van der Waals surface area contributed by atoms with Crippen molar-refractivity contribution in [2.75, 3.05) is 18.0 Å². The van der Waals surface area contributed by atoms with Crippen molar-refractivity contribution in [2.45, 2.75) is 13.0 Å². The molecule has 1 saturated heterocycles. The first-order chi connectivity index (χ1) is 9.70. The first-order valence-corrected chi connectivity index (χ1v) is 7.25. The van der Waals surface area contributed by atoms with Gasteiger partial charge in [-0.3, -0.25) is 4.68 Å². The Labute approximate surface area is 124 Å². The lowest BCUT2D eigenvalue weighted by molar-refractivity contribution is 0.366. The molecule has 0 spiro atoms. The summed E-state index contributed by atoms with van der Waals surface area (Å²) in [4.78, 5) is 14.3. The highest BCUT2D eigenvalue weighted by atomic mass is 79.9. The summed E-state index contributed by atoms with van der Waals surface area (Å²) in [5.41, 5.74) is 3.10. The third-order valence-corrected chi connectivity index (χ3v) is 4.05. The minimum absolute atomic E-state index is 0.405. The van der Waals surface area contributed by atoms with Crippen LogP contribution in [0.4, 0.5) is 5.82 Å². The monoisotopic (exact) mass is 332 g/mol. The maximum atomic E-state index is 4.42. The Morgan fingerprint density at radius 1 is 1.35 bits per heavy atom. The van der Waals surface area contributed by atoms with E-state index in [0.29, 0.717) is 6.04 Å². The summed E-state index contributed by atoms with van der Waals surface area (Å²) in [5.74, 6) is 0.977. The number of aromatic amines is 1. The standard InChI is InChI=1S/C13H13BrN6/c1-8-2-11-12(18-8)13(16-7-15-11)19-5-10(6-19)20-4-9(14)3-17-20/h2-4,7,10,18H,5-6H2,1H3. The number of anilines is 1. The molecule has 0 bridgehead atoms. The Morgan fingerprint density at radius 2 is 2.20 bits per heavy atom. The molecule has 4 rings (SSSR count). The van der Waals surface area contributed by atoms with Gasteiger partial charge in [-0.05, 0) is 28.9 Å². The maximum Gasteiger partial charge on any atom is 0.156 e.